The Kier molecular flexibility index (Phi) is 3.06. The van der Waals surface area contributed by atoms with Crippen molar-refractivity contribution in [1.82, 2.24) is 4.90 Å². The van der Waals surface area contributed by atoms with Gasteiger partial charge in [0.15, 0.2) is 0 Å². The molecule has 0 aromatic carbocycles. The van der Waals surface area contributed by atoms with E-state index >= 15 is 0 Å². The number of anilines is 1. The number of rotatable bonds is 2. The SMILES string of the molecule is CC1c2c(sc(C(=O)O)c2NC(N)=O)CN1C(=O)O. The highest BCUT2D eigenvalue weighted by Gasteiger charge is 2.37. The summed E-state index contributed by atoms with van der Waals surface area (Å²) in [5.74, 6) is -1.18. The van der Waals surface area contributed by atoms with Gasteiger partial charge in [0, 0.05) is 10.4 Å². The number of carbonyl (C=O) groups is 3. The van der Waals surface area contributed by atoms with Gasteiger partial charge in [0.25, 0.3) is 0 Å². The van der Waals surface area contributed by atoms with Crippen molar-refractivity contribution in [2.24, 2.45) is 5.73 Å². The summed E-state index contributed by atoms with van der Waals surface area (Å²) >= 11 is 0.949. The van der Waals surface area contributed by atoms with E-state index < -0.39 is 24.1 Å². The number of carbonyl (C=O) groups excluding carboxylic acids is 1. The van der Waals surface area contributed by atoms with Gasteiger partial charge < -0.3 is 21.3 Å². The van der Waals surface area contributed by atoms with Gasteiger partial charge in [0.1, 0.15) is 4.88 Å². The molecule has 102 valence electrons. The summed E-state index contributed by atoms with van der Waals surface area (Å²) in [5.41, 5.74) is 5.62. The van der Waals surface area contributed by atoms with Crippen LogP contribution in [0.25, 0.3) is 0 Å². The summed E-state index contributed by atoms with van der Waals surface area (Å²) < 4.78 is 0. The molecule has 1 aromatic rings. The first-order valence-corrected chi connectivity index (χ1v) is 6.09. The van der Waals surface area contributed by atoms with Crippen LogP contribution in [-0.2, 0) is 6.54 Å². The van der Waals surface area contributed by atoms with Gasteiger partial charge in [0.2, 0.25) is 0 Å². The fourth-order valence-electron chi connectivity index (χ4n) is 2.13. The minimum Gasteiger partial charge on any atom is -0.477 e. The number of carboxylic acid groups (broad SMARTS) is 2. The molecular formula is C10H11N3O5S. The largest absolute Gasteiger partial charge is 0.477 e. The van der Waals surface area contributed by atoms with Gasteiger partial charge >= 0.3 is 18.1 Å². The van der Waals surface area contributed by atoms with E-state index in [4.69, 9.17) is 15.9 Å². The van der Waals surface area contributed by atoms with Gasteiger partial charge in [-0.05, 0) is 6.92 Å². The fourth-order valence-corrected chi connectivity index (χ4v) is 3.31. The molecule has 0 spiro atoms. The smallest absolute Gasteiger partial charge is 0.408 e. The average molecular weight is 285 g/mol. The predicted molar refractivity (Wildman–Crippen MR) is 66.5 cm³/mol. The number of nitrogens with one attached hydrogen (secondary N) is 1. The molecule has 19 heavy (non-hydrogen) atoms. The number of hydrogen-bond acceptors (Lipinski definition) is 4. The van der Waals surface area contributed by atoms with Gasteiger partial charge in [-0.1, -0.05) is 0 Å². The molecule has 9 heteroatoms. The number of nitrogens with two attached hydrogens (primary N) is 1. The van der Waals surface area contributed by atoms with Crippen molar-refractivity contribution in [2.45, 2.75) is 19.5 Å². The maximum absolute atomic E-state index is 11.1. The predicted octanol–water partition coefficient (Wildman–Crippen LogP) is 1.49. The van der Waals surface area contributed by atoms with Gasteiger partial charge in [-0.25, -0.2) is 14.4 Å². The second kappa shape index (κ2) is 4.43. The summed E-state index contributed by atoms with van der Waals surface area (Å²) in [4.78, 5) is 34.8. The lowest BCUT2D eigenvalue weighted by Gasteiger charge is -2.19. The molecule has 1 aromatic heterocycles. The standard InChI is InChI=1S/C10H11N3O5S/c1-3-5-4(2-13(3)10(17)18)19-7(8(14)15)6(5)12-9(11)16/h3H,2H2,1H3,(H,14,15)(H,17,18)(H3,11,12,16). The minimum absolute atomic E-state index is 0.0410. The number of amides is 3. The summed E-state index contributed by atoms with van der Waals surface area (Å²) in [6.45, 7) is 1.74. The minimum atomic E-state index is -1.18. The molecule has 0 saturated carbocycles. The molecule has 3 amide bonds. The van der Waals surface area contributed by atoms with Crippen LogP contribution in [0.1, 0.15) is 33.1 Å². The third-order valence-electron chi connectivity index (χ3n) is 2.91. The van der Waals surface area contributed by atoms with Crippen molar-refractivity contribution in [2.75, 3.05) is 5.32 Å². The Morgan fingerprint density at radius 1 is 1.42 bits per heavy atom. The third-order valence-corrected chi connectivity index (χ3v) is 4.09. The van der Waals surface area contributed by atoms with E-state index in [1.54, 1.807) is 6.92 Å². The zero-order chi connectivity index (χ0) is 14.3. The summed E-state index contributed by atoms with van der Waals surface area (Å²) in [5, 5.41) is 20.4. The van der Waals surface area contributed by atoms with Crippen molar-refractivity contribution in [3.05, 3.63) is 15.3 Å². The maximum Gasteiger partial charge on any atom is 0.408 e. The first-order valence-electron chi connectivity index (χ1n) is 5.27. The van der Waals surface area contributed by atoms with Crippen LogP contribution >= 0.6 is 11.3 Å². The maximum atomic E-state index is 11.1. The van der Waals surface area contributed by atoms with E-state index in [1.165, 1.54) is 4.90 Å². The number of thiophene rings is 1. The average Bonchev–Trinajstić information content (AvgIpc) is 2.77. The van der Waals surface area contributed by atoms with Gasteiger partial charge in [-0.3, -0.25) is 4.90 Å². The number of primary amides is 1. The van der Waals surface area contributed by atoms with Crippen LogP contribution in [0.2, 0.25) is 0 Å². The number of hydrogen-bond donors (Lipinski definition) is 4. The highest BCUT2D eigenvalue weighted by Crippen LogP contribution is 2.45. The van der Waals surface area contributed by atoms with Gasteiger partial charge in [0.05, 0.1) is 18.3 Å². The molecule has 2 heterocycles. The Hall–Kier alpha value is -2.29. The third kappa shape index (κ3) is 2.08. The van der Waals surface area contributed by atoms with E-state index in [0.29, 0.717) is 10.4 Å². The number of carboxylic acids is 1. The summed E-state index contributed by atoms with van der Waals surface area (Å²) in [6, 6.07) is -1.41. The Morgan fingerprint density at radius 3 is 2.53 bits per heavy atom. The van der Waals surface area contributed by atoms with Crippen LogP contribution in [0.3, 0.4) is 0 Å². The molecule has 1 aliphatic rings. The van der Waals surface area contributed by atoms with Crippen molar-refractivity contribution < 1.29 is 24.6 Å². The molecule has 0 bridgehead atoms. The van der Waals surface area contributed by atoms with E-state index in [0.717, 1.165) is 11.3 Å². The lowest BCUT2D eigenvalue weighted by Crippen LogP contribution is -2.27. The second-order valence-corrected chi connectivity index (χ2v) is 5.13. The second-order valence-electron chi connectivity index (χ2n) is 4.02. The molecule has 1 aliphatic heterocycles. The van der Waals surface area contributed by atoms with Crippen LogP contribution in [0.5, 0.6) is 0 Å². The molecular weight excluding hydrogens is 274 g/mol. The number of urea groups is 1. The highest BCUT2D eigenvalue weighted by molar-refractivity contribution is 7.14. The summed E-state index contributed by atoms with van der Waals surface area (Å²) in [7, 11) is 0. The van der Waals surface area contributed by atoms with E-state index in [9.17, 15) is 14.4 Å². The Morgan fingerprint density at radius 2 is 2.05 bits per heavy atom. The zero-order valence-electron chi connectivity index (χ0n) is 9.84. The molecule has 2 rings (SSSR count). The molecule has 0 saturated heterocycles. The van der Waals surface area contributed by atoms with E-state index in [2.05, 4.69) is 5.32 Å². The van der Waals surface area contributed by atoms with Crippen LogP contribution in [0.4, 0.5) is 15.3 Å². The monoisotopic (exact) mass is 285 g/mol. The number of nitrogens with zero attached hydrogens (tertiary/aromatic N) is 1. The molecule has 1 unspecified atom stereocenters. The van der Waals surface area contributed by atoms with Gasteiger partial charge in [-0.2, -0.15) is 0 Å². The molecule has 8 nitrogen and oxygen atoms in total. The first-order chi connectivity index (χ1) is 8.82. The Balaban J connectivity index is 2.51. The van der Waals surface area contributed by atoms with Crippen molar-refractivity contribution in [3.8, 4) is 0 Å². The van der Waals surface area contributed by atoms with E-state index in [-0.39, 0.29) is 17.1 Å². The first kappa shape index (κ1) is 13.1. The zero-order valence-corrected chi connectivity index (χ0v) is 10.7. The van der Waals surface area contributed by atoms with Crippen molar-refractivity contribution in [3.63, 3.8) is 0 Å². The van der Waals surface area contributed by atoms with Crippen LogP contribution in [-0.4, -0.2) is 33.2 Å². The van der Waals surface area contributed by atoms with E-state index in [1.807, 2.05) is 0 Å². The van der Waals surface area contributed by atoms with Crippen molar-refractivity contribution in [1.29, 1.82) is 0 Å². The number of fused-ring (bicyclic) bond motifs is 1. The molecule has 0 radical (unpaired) electrons. The summed E-state index contributed by atoms with van der Waals surface area (Å²) in [6.07, 6.45) is -1.10. The lowest BCUT2D eigenvalue weighted by atomic mass is 10.1. The lowest BCUT2D eigenvalue weighted by molar-refractivity contribution is 0.0703. The Bertz CT molecular complexity index is 582. The fraction of sp³-hybridized carbons (Fsp3) is 0.300. The molecule has 0 aliphatic carbocycles. The Labute approximate surface area is 111 Å². The quantitative estimate of drug-likeness (QED) is 0.653. The van der Waals surface area contributed by atoms with Gasteiger partial charge in [-0.15, -0.1) is 11.3 Å². The van der Waals surface area contributed by atoms with Crippen LogP contribution in [0.15, 0.2) is 0 Å². The van der Waals surface area contributed by atoms with Crippen LogP contribution < -0.4 is 11.1 Å². The highest BCUT2D eigenvalue weighted by atomic mass is 32.1. The van der Waals surface area contributed by atoms with Crippen molar-refractivity contribution >= 4 is 35.1 Å². The molecule has 5 N–H and O–H groups in total. The normalized spacial score (nSPS) is 17.1. The van der Waals surface area contributed by atoms with Crippen LogP contribution in [0, 0.1) is 0 Å². The number of aromatic carboxylic acids is 1. The topological polar surface area (TPSA) is 133 Å². The molecule has 0 fully saturated rings. The molecule has 1 atom stereocenters.